The number of carbonyl (C=O) groups excluding carboxylic acids is 3. The zero-order chi connectivity index (χ0) is 35.2. The summed E-state index contributed by atoms with van der Waals surface area (Å²) in [5.41, 5.74) is 1.52. The zero-order valence-corrected chi connectivity index (χ0v) is 30.1. The van der Waals surface area contributed by atoms with Crippen LogP contribution in [0.2, 0.25) is 15.9 Å². The van der Waals surface area contributed by atoms with Crippen molar-refractivity contribution in [2.45, 2.75) is 116 Å². The Bertz CT molecular complexity index is 1470. The van der Waals surface area contributed by atoms with Gasteiger partial charge in [-0.1, -0.05) is 74.2 Å². The summed E-state index contributed by atoms with van der Waals surface area (Å²) in [6.45, 7) is 8.80. The molecule has 4 rings (SSSR count). The number of aliphatic hydroxyl groups is 1. The molecular formula is C36H49BCl2N5O4. The summed E-state index contributed by atoms with van der Waals surface area (Å²) in [4.78, 5) is 41.4. The molecule has 1 aliphatic carbocycles. The number of hydrogen-bond acceptors (Lipinski definition) is 6. The van der Waals surface area contributed by atoms with Gasteiger partial charge in [0.15, 0.2) is 0 Å². The molecular weight excluding hydrogens is 648 g/mol. The molecule has 1 heterocycles. The fraction of sp³-hybridized carbons (Fsp3) is 0.528. The molecule has 1 aliphatic heterocycles. The third-order valence-electron chi connectivity index (χ3n) is 9.83. The molecule has 1 unspecified atom stereocenters. The molecule has 1 saturated heterocycles. The van der Waals surface area contributed by atoms with Crippen molar-refractivity contribution >= 4 is 48.3 Å². The Labute approximate surface area is 295 Å². The van der Waals surface area contributed by atoms with Crippen LogP contribution in [-0.4, -0.2) is 58.3 Å². The van der Waals surface area contributed by atoms with Crippen LogP contribution in [0.1, 0.15) is 103 Å². The molecule has 48 heavy (non-hydrogen) atoms. The minimum absolute atomic E-state index is 0.00137. The summed E-state index contributed by atoms with van der Waals surface area (Å²) < 4.78 is 0. The van der Waals surface area contributed by atoms with Crippen LogP contribution in [-0.2, 0) is 14.4 Å². The maximum Gasteiger partial charge on any atom is 0.249 e. The predicted molar refractivity (Wildman–Crippen MR) is 192 cm³/mol. The number of benzene rings is 2. The average Bonchev–Trinajstić information content (AvgIpc) is 3.02. The number of amides is 3. The second-order valence-electron chi connectivity index (χ2n) is 13.8. The van der Waals surface area contributed by atoms with Gasteiger partial charge in [0.25, 0.3) is 0 Å². The first kappa shape index (κ1) is 37.8. The van der Waals surface area contributed by atoms with E-state index in [-0.39, 0.29) is 41.9 Å². The highest BCUT2D eigenvalue weighted by molar-refractivity contribution is 6.39. The highest BCUT2D eigenvalue weighted by Gasteiger charge is 2.52. The minimum Gasteiger partial charge on any atom is -0.403 e. The van der Waals surface area contributed by atoms with Crippen LogP contribution < -0.4 is 16.4 Å². The fourth-order valence-electron chi connectivity index (χ4n) is 7.50. The number of rotatable bonds is 12. The number of carbonyl (C=O) groups is 3. The van der Waals surface area contributed by atoms with E-state index in [1.165, 1.54) is 6.92 Å². The van der Waals surface area contributed by atoms with Gasteiger partial charge in [-0.3, -0.25) is 14.4 Å². The monoisotopic (exact) mass is 696 g/mol. The molecule has 5 N–H and O–H groups in total. The Morgan fingerprint density at radius 1 is 1.10 bits per heavy atom. The largest absolute Gasteiger partial charge is 0.403 e. The number of nitrogens with zero attached hydrogens (tertiary/aromatic N) is 2. The van der Waals surface area contributed by atoms with Crippen LogP contribution in [0.4, 0.5) is 0 Å². The summed E-state index contributed by atoms with van der Waals surface area (Å²) in [7, 11) is 1.86. The van der Waals surface area contributed by atoms with Gasteiger partial charge in [0, 0.05) is 47.2 Å². The lowest BCUT2D eigenvalue weighted by Crippen LogP contribution is -2.58. The molecule has 2 aromatic carbocycles. The van der Waals surface area contributed by atoms with E-state index in [1.807, 2.05) is 74.7 Å². The lowest BCUT2D eigenvalue weighted by Gasteiger charge is -2.52. The van der Waals surface area contributed by atoms with Crippen molar-refractivity contribution < 1.29 is 19.5 Å². The molecule has 0 aromatic heterocycles. The number of likely N-dealkylation sites (tertiary alicyclic amines) is 1. The molecule has 2 aliphatic rings. The highest BCUT2D eigenvalue weighted by atomic mass is 35.5. The summed E-state index contributed by atoms with van der Waals surface area (Å²) in [5.74, 6) is 5.72. The zero-order valence-electron chi connectivity index (χ0n) is 28.6. The second kappa shape index (κ2) is 16.6. The average molecular weight is 698 g/mol. The van der Waals surface area contributed by atoms with Crippen molar-refractivity contribution in [1.82, 2.24) is 20.5 Å². The first-order valence-electron chi connectivity index (χ1n) is 16.9. The van der Waals surface area contributed by atoms with Crippen LogP contribution in [0, 0.1) is 5.41 Å². The van der Waals surface area contributed by atoms with Crippen molar-refractivity contribution in [3.63, 3.8) is 0 Å². The molecule has 1 saturated carbocycles. The Balaban J connectivity index is 1.52. The maximum absolute atomic E-state index is 14.7. The number of hydrogen-bond donors (Lipinski definition) is 4. The summed E-state index contributed by atoms with van der Waals surface area (Å²) in [6.07, 6.45) is 5.30. The summed E-state index contributed by atoms with van der Waals surface area (Å²) in [6, 6.07) is 14.4. The highest BCUT2D eigenvalue weighted by Crippen LogP contribution is 2.52. The predicted octanol–water partition coefficient (Wildman–Crippen LogP) is 6.25. The molecule has 0 bridgehead atoms. The molecule has 259 valence electrons. The lowest BCUT2D eigenvalue weighted by atomic mass is 9.65. The number of nitrogens with one attached hydrogen (secondary N) is 2. The molecule has 3 amide bonds. The van der Waals surface area contributed by atoms with E-state index >= 15 is 0 Å². The third kappa shape index (κ3) is 9.34. The second-order valence-corrected chi connectivity index (χ2v) is 14.6. The fourth-order valence-corrected chi connectivity index (χ4v) is 7.83. The first-order chi connectivity index (χ1) is 22.7. The van der Waals surface area contributed by atoms with E-state index in [0.717, 1.165) is 36.8 Å². The molecule has 1 radical (unpaired) electrons. The maximum atomic E-state index is 14.7. The molecule has 0 spiro atoms. The van der Waals surface area contributed by atoms with Crippen molar-refractivity contribution in [1.29, 1.82) is 0 Å². The normalized spacial score (nSPS) is 26.0. The van der Waals surface area contributed by atoms with Gasteiger partial charge in [-0.05, 0) is 80.7 Å². The van der Waals surface area contributed by atoms with Crippen molar-refractivity contribution in [3.05, 3.63) is 81.6 Å². The van der Waals surface area contributed by atoms with Crippen molar-refractivity contribution in [3.8, 4) is 0 Å². The Morgan fingerprint density at radius 2 is 1.77 bits per heavy atom. The summed E-state index contributed by atoms with van der Waals surface area (Å²) in [5, 5.41) is 19.5. The third-order valence-corrected chi connectivity index (χ3v) is 10.3. The van der Waals surface area contributed by atoms with Gasteiger partial charge in [0.2, 0.25) is 25.1 Å². The number of nitrogens with two attached hydrogens (primary N) is 1. The topological polar surface area (TPSA) is 128 Å². The van der Waals surface area contributed by atoms with Crippen LogP contribution in [0.15, 0.2) is 60.4 Å². The number of aliphatic hydroxyl groups excluding tert-OH is 1. The Morgan fingerprint density at radius 3 is 2.35 bits per heavy atom. The molecule has 5 atom stereocenters. The van der Waals surface area contributed by atoms with Crippen LogP contribution in [0.25, 0.3) is 0 Å². The molecule has 2 fully saturated rings. The van der Waals surface area contributed by atoms with E-state index in [0.29, 0.717) is 28.6 Å². The SMILES string of the molecule is CCC([C@H](C)O)N1C(=O)[C@@](C)(CC(=O)N[B]C2CCC(N(N)/C=C(\C)NC(C)=O)CC2)C[C@H](c2cccc(Cl)c2)[C@H]1c1ccc(Cl)cc1. The van der Waals surface area contributed by atoms with Gasteiger partial charge < -0.3 is 25.6 Å². The van der Waals surface area contributed by atoms with E-state index in [2.05, 4.69) is 10.5 Å². The van der Waals surface area contributed by atoms with Crippen LogP contribution in [0.3, 0.4) is 0 Å². The molecule has 12 heteroatoms. The standard InChI is InChI=1S/C36H49BCl2N5O4/c1-6-32(23(3)45)44-34(25-10-14-28(38)15-11-25)31(26-8-7-9-29(39)18-26)19-36(5,35(44)48)20-33(47)42-37-27-12-16-30(17-13-27)43(40)21-22(2)41-24(4)46/h7-11,14-15,18,21,23,27,30-32,34,45H,6,12-13,16-17,19-20,40H2,1-5H3,(H,41,46)(H,42,47)/b22-21+/t23-,27?,30?,31+,32?,34+,36+/m0/s1. The number of hydrazine groups is 1. The first-order valence-corrected chi connectivity index (χ1v) is 17.6. The molecule has 9 nitrogen and oxygen atoms in total. The number of halogens is 2. The summed E-state index contributed by atoms with van der Waals surface area (Å²) >= 11 is 12.8. The van der Waals surface area contributed by atoms with Gasteiger partial charge in [0.1, 0.15) is 0 Å². The van der Waals surface area contributed by atoms with Gasteiger partial charge >= 0.3 is 0 Å². The van der Waals surface area contributed by atoms with Gasteiger partial charge in [0.05, 0.1) is 23.6 Å². The lowest BCUT2D eigenvalue weighted by molar-refractivity contribution is -0.160. The number of piperidine rings is 1. The van der Waals surface area contributed by atoms with E-state index < -0.39 is 23.6 Å². The Kier molecular flexibility index (Phi) is 13.0. The van der Waals surface area contributed by atoms with E-state index in [1.54, 1.807) is 25.1 Å². The minimum atomic E-state index is -1.04. The van der Waals surface area contributed by atoms with Gasteiger partial charge in [-0.25, -0.2) is 5.84 Å². The number of allylic oxidation sites excluding steroid dienone is 1. The van der Waals surface area contributed by atoms with E-state index in [9.17, 15) is 19.5 Å². The smallest absolute Gasteiger partial charge is 0.249 e. The molecule has 2 aromatic rings. The van der Waals surface area contributed by atoms with Crippen molar-refractivity contribution in [2.75, 3.05) is 0 Å². The van der Waals surface area contributed by atoms with E-state index in [4.69, 9.17) is 29.0 Å². The van der Waals surface area contributed by atoms with Crippen molar-refractivity contribution in [2.24, 2.45) is 11.3 Å². The van der Waals surface area contributed by atoms with Crippen LogP contribution in [0.5, 0.6) is 0 Å². The van der Waals surface area contributed by atoms with Gasteiger partial charge in [-0.2, -0.15) is 0 Å². The Hall–Kier alpha value is -3.05. The quantitative estimate of drug-likeness (QED) is 0.118. The van der Waals surface area contributed by atoms with Gasteiger partial charge in [-0.15, -0.1) is 0 Å². The van der Waals surface area contributed by atoms with Crippen LogP contribution >= 0.6 is 23.2 Å².